The van der Waals surface area contributed by atoms with Crippen LogP contribution in [0.15, 0.2) is 53.7 Å². The zero-order chi connectivity index (χ0) is 19.3. The summed E-state index contributed by atoms with van der Waals surface area (Å²) in [7, 11) is 0. The average molecular weight is 372 g/mol. The maximum atomic E-state index is 13.2. The molecule has 0 radical (unpaired) electrons. The van der Waals surface area contributed by atoms with Crippen molar-refractivity contribution in [2.24, 2.45) is 0 Å². The van der Waals surface area contributed by atoms with Gasteiger partial charge in [-0.3, -0.25) is 9.78 Å². The zero-order valence-corrected chi connectivity index (χ0v) is 15.5. The summed E-state index contributed by atoms with van der Waals surface area (Å²) in [5.41, 5.74) is 9.02. The lowest BCUT2D eigenvalue weighted by molar-refractivity contribution is 0.636. The maximum Gasteiger partial charge on any atom is 0.261 e. The van der Waals surface area contributed by atoms with E-state index in [1.165, 1.54) is 6.33 Å². The van der Waals surface area contributed by atoms with Crippen molar-refractivity contribution < 1.29 is 0 Å². The van der Waals surface area contributed by atoms with Gasteiger partial charge in [0.25, 0.3) is 5.56 Å². The number of nitrogens with two attached hydrogens (primary N) is 1. The number of fused-ring (bicyclic) bond motifs is 2. The van der Waals surface area contributed by atoms with Gasteiger partial charge in [0, 0.05) is 23.6 Å². The number of aromatic nitrogens is 4. The summed E-state index contributed by atoms with van der Waals surface area (Å²) in [6.45, 7) is 2.03. The van der Waals surface area contributed by atoms with Crippen LogP contribution >= 0.6 is 0 Å². The Morgan fingerprint density at radius 2 is 2.04 bits per heavy atom. The summed E-state index contributed by atoms with van der Waals surface area (Å²) in [6.07, 6.45) is 5.26. The van der Waals surface area contributed by atoms with Crippen LogP contribution in [0.1, 0.15) is 37.5 Å². The number of nitrogens with zero attached hydrogens (tertiary/aromatic N) is 4. The lowest BCUT2D eigenvalue weighted by Gasteiger charge is -2.21. The van der Waals surface area contributed by atoms with Crippen LogP contribution in [-0.2, 0) is 0 Å². The lowest BCUT2D eigenvalue weighted by Crippen LogP contribution is -2.26. The summed E-state index contributed by atoms with van der Waals surface area (Å²) >= 11 is 0. The molecule has 7 nitrogen and oxygen atoms in total. The molecule has 1 aliphatic rings. The normalized spacial score (nSPS) is 15.0. The molecule has 3 N–H and O–H groups in total. The van der Waals surface area contributed by atoms with Gasteiger partial charge in [-0.2, -0.15) is 0 Å². The minimum Gasteiger partial charge on any atom is -0.398 e. The maximum absolute atomic E-state index is 13.2. The van der Waals surface area contributed by atoms with Gasteiger partial charge in [0.05, 0.1) is 16.9 Å². The fourth-order valence-corrected chi connectivity index (χ4v) is 3.74. The molecule has 1 saturated carbocycles. The predicted molar refractivity (Wildman–Crippen MR) is 110 cm³/mol. The van der Waals surface area contributed by atoms with Gasteiger partial charge in [-0.1, -0.05) is 12.1 Å². The van der Waals surface area contributed by atoms with Crippen LogP contribution in [0.5, 0.6) is 0 Å². The van der Waals surface area contributed by atoms with E-state index in [4.69, 9.17) is 5.73 Å². The fraction of sp³-hybridized carbons (Fsp3) is 0.238. The molecular formula is C21H20N6O. The van der Waals surface area contributed by atoms with E-state index in [0.29, 0.717) is 22.4 Å². The summed E-state index contributed by atoms with van der Waals surface area (Å²) < 4.78 is 1.90. The topological polar surface area (TPSA) is 98.7 Å². The van der Waals surface area contributed by atoms with Gasteiger partial charge >= 0.3 is 0 Å². The predicted octanol–water partition coefficient (Wildman–Crippen LogP) is 3.43. The van der Waals surface area contributed by atoms with Gasteiger partial charge in [0.1, 0.15) is 11.8 Å². The molecule has 0 unspecified atom stereocenters. The third kappa shape index (κ3) is 2.67. The molecular weight excluding hydrogens is 352 g/mol. The molecule has 7 heteroatoms. The Morgan fingerprint density at radius 3 is 2.86 bits per heavy atom. The second-order valence-electron chi connectivity index (χ2n) is 7.25. The van der Waals surface area contributed by atoms with Crippen molar-refractivity contribution in [3.63, 3.8) is 0 Å². The van der Waals surface area contributed by atoms with Crippen molar-refractivity contribution in [3.8, 4) is 0 Å². The van der Waals surface area contributed by atoms with Gasteiger partial charge in [0.15, 0.2) is 5.82 Å². The van der Waals surface area contributed by atoms with E-state index in [9.17, 15) is 4.79 Å². The molecule has 1 fully saturated rings. The summed E-state index contributed by atoms with van der Waals surface area (Å²) in [5.74, 6) is 0.653. The molecule has 4 aromatic rings. The van der Waals surface area contributed by atoms with Gasteiger partial charge < -0.3 is 15.6 Å². The van der Waals surface area contributed by atoms with E-state index in [-0.39, 0.29) is 17.6 Å². The highest BCUT2D eigenvalue weighted by Crippen LogP contribution is 2.37. The highest BCUT2D eigenvalue weighted by atomic mass is 16.1. The number of pyridine rings is 2. The van der Waals surface area contributed by atoms with Crippen LogP contribution < -0.4 is 16.6 Å². The van der Waals surface area contributed by atoms with Crippen LogP contribution in [0, 0.1) is 0 Å². The Morgan fingerprint density at radius 1 is 1.18 bits per heavy atom. The number of nitrogens with one attached hydrogen (secondary N) is 1. The SMILES string of the molecule is C[C@H](Nc1ncnc2cccnc12)c1cc2cccc(N)c2c(=O)n1C1CC1. The molecule has 140 valence electrons. The Labute approximate surface area is 161 Å². The Balaban J connectivity index is 1.64. The van der Waals surface area contributed by atoms with Crippen molar-refractivity contribution in [2.45, 2.75) is 31.8 Å². The van der Waals surface area contributed by atoms with E-state index in [0.717, 1.165) is 29.4 Å². The molecule has 0 bridgehead atoms. The second-order valence-corrected chi connectivity index (χ2v) is 7.25. The van der Waals surface area contributed by atoms with Crippen molar-refractivity contribution in [1.29, 1.82) is 0 Å². The molecule has 1 aromatic carbocycles. The molecule has 3 heterocycles. The average Bonchev–Trinajstić information content (AvgIpc) is 3.53. The standard InChI is InChI=1S/C21H20N6O/c1-12(26-20-19-16(24-11-25-20)6-3-9-23-19)17-10-13-4-2-5-15(22)18(13)21(28)27(17)14-7-8-14/h2-6,9-12,14H,7-8,22H2,1H3,(H,24,25,26)/t12-/m0/s1. The van der Waals surface area contributed by atoms with E-state index < -0.39 is 0 Å². The Hall–Kier alpha value is -3.48. The minimum atomic E-state index is -0.140. The molecule has 0 spiro atoms. The smallest absolute Gasteiger partial charge is 0.261 e. The Kier molecular flexibility index (Phi) is 3.75. The number of hydrogen-bond acceptors (Lipinski definition) is 6. The van der Waals surface area contributed by atoms with Crippen LogP contribution in [0.4, 0.5) is 11.5 Å². The second kappa shape index (κ2) is 6.30. The largest absolute Gasteiger partial charge is 0.398 e. The van der Waals surface area contributed by atoms with Crippen molar-refractivity contribution in [1.82, 2.24) is 19.5 Å². The number of rotatable bonds is 4. The van der Waals surface area contributed by atoms with Crippen molar-refractivity contribution >= 4 is 33.3 Å². The molecule has 5 rings (SSSR count). The zero-order valence-electron chi connectivity index (χ0n) is 15.5. The lowest BCUT2D eigenvalue weighted by atomic mass is 10.1. The number of benzene rings is 1. The first kappa shape index (κ1) is 16.7. The highest BCUT2D eigenvalue weighted by molar-refractivity contribution is 5.92. The van der Waals surface area contributed by atoms with Gasteiger partial charge in [-0.15, -0.1) is 0 Å². The monoisotopic (exact) mass is 372 g/mol. The number of anilines is 2. The molecule has 1 atom stereocenters. The summed E-state index contributed by atoms with van der Waals surface area (Å²) in [5, 5.41) is 4.88. The van der Waals surface area contributed by atoms with Crippen LogP contribution in [-0.4, -0.2) is 19.5 Å². The first-order valence-corrected chi connectivity index (χ1v) is 9.39. The van der Waals surface area contributed by atoms with Crippen molar-refractivity contribution in [3.05, 3.63) is 65.0 Å². The highest BCUT2D eigenvalue weighted by Gasteiger charge is 2.29. The van der Waals surface area contributed by atoms with Gasteiger partial charge in [0.2, 0.25) is 0 Å². The Bertz CT molecular complexity index is 1260. The van der Waals surface area contributed by atoms with Gasteiger partial charge in [-0.05, 0) is 49.4 Å². The third-order valence-electron chi connectivity index (χ3n) is 5.25. The third-order valence-corrected chi connectivity index (χ3v) is 5.25. The number of nitrogen functional groups attached to an aromatic ring is 1. The summed E-state index contributed by atoms with van der Waals surface area (Å²) in [6, 6.07) is 11.5. The minimum absolute atomic E-state index is 0.0209. The molecule has 1 aliphatic carbocycles. The van der Waals surface area contributed by atoms with E-state index in [1.54, 1.807) is 12.3 Å². The molecule has 28 heavy (non-hydrogen) atoms. The molecule has 0 saturated heterocycles. The molecule has 3 aromatic heterocycles. The molecule has 0 aliphatic heterocycles. The van der Waals surface area contributed by atoms with Gasteiger partial charge in [-0.25, -0.2) is 9.97 Å². The quantitative estimate of drug-likeness (QED) is 0.533. The van der Waals surface area contributed by atoms with E-state index in [2.05, 4.69) is 26.3 Å². The van der Waals surface area contributed by atoms with Crippen LogP contribution in [0.3, 0.4) is 0 Å². The fourth-order valence-electron chi connectivity index (χ4n) is 3.74. The number of hydrogen-bond donors (Lipinski definition) is 2. The van der Waals surface area contributed by atoms with Crippen LogP contribution in [0.2, 0.25) is 0 Å². The molecule has 0 amide bonds. The van der Waals surface area contributed by atoms with E-state index >= 15 is 0 Å². The van der Waals surface area contributed by atoms with E-state index in [1.807, 2.05) is 35.8 Å². The first-order valence-electron chi connectivity index (χ1n) is 9.39. The summed E-state index contributed by atoms with van der Waals surface area (Å²) in [4.78, 5) is 26.3. The first-order chi connectivity index (χ1) is 13.6. The van der Waals surface area contributed by atoms with Crippen LogP contribution in [0.25, 0.3) is 21.8 Å². The van der Waals surface area contributed by atoms with Crippen molar-refractivity contribution in [2.75, 3.05) is 11.1 Å².